The van der Waals surface area contributed by atoms with Crippen molar-refractivity contribution in [1.82, 2.24) is 10.2 Å². The van der Waals surface area contributed by atoms with E-state index in [0.717, 1.165) is 49.0 Å². The number of nitrogens with zero attached hydrogens (tertiary/aromatic N) is 2. The van der Waals surface area contributed by atoms with Gasteiger partial charge in [0, 0.05) is 17.7 Å². The maximum Gasteiger partial charge on any atom is 0.274 e. The van der Waals surface area contributed by atoms with Crippen LogP contribution < -0.4 is 5.32 Å². The zero-order valence-corrected chi connectivity index (χ0v) is 22.3. The third kappa shape index (κ3) is 7.43. The molecule has 0 radical (unpaired) electrons. The van der Waals surface area contributed by atoms with E-state index in [4.69, 9.17) is 9.57 Å². The van der Waals surface area contributed by atoms with E-state index < -0.39 is 18.1 Å². The number of benzene rings is 2. The van der Waals surface area contributed by atoms with Crippen LogP contribution in [0.2, 0.25) is 0 Å². The van der Waals surface area contributed by atoms with Crippen molar-refractivity contribution in [1.29, 1.82) is 0 Å². The maximum absolute atomic E-state index is 13.5. The van der Waals surface area contributed by atoms with Gasteiger partial charge in [-0.15, -0.1) is 0 Å². The average Bonchev–Trinajstić information content (AvgIpc) is 3.47. The highest BCUT2D eigenvalue weighted by Crippen LogP contribution is 2.26. The van der Waals surface area contributed by atoms with E-state index in [1.54, 1.807) is 36.6 Å². The van der Waals surface area contributed by atoms with Crippen molar-refractivity contribution < 1.29 is 23.9 Å². The fourth-order valence-electron chi connectivity index (χ4n) is 4.76. The average molecular weight is 534 g/mol. The lowest BCUT2D eigenvalue weighted by molar-refractivity contribution is -0.116. The van der Waals surface area contributed by atoms with E-state index in [-0.39, 0.29) is 18.1 Å². The number of fused-ring (bicyclic) bond motifs is 1. The van der Waals surface area contributed by atoms with Crippen molar-refractivity contribution in [2.75, 3.05) is 26.2 Å². The Bertz CT molecular complexity index is 1230. The molecule has 2 heterocycles. The maximum atomic E-state index is 13.5. The molecule has 0 saturated carbocycles. The summed E-state index contributed by atoms with van der Waals surface area (Å²) < 4.78 is 18.7. The molecule has 8 heteroatoms. The fourth-order valence-corrected chi connectivity index (χ4v) is 4.76. The van der Waals surface area contributed by atoms with E-state index in [9.17, 15) is 14.3 Å². The van der Waals surface area contributed by atoms with Crippen LogP contribution in [0, 0.1) is 5.82 Å². The number of halogens is 1. The number of amides is 1. The fraction of sp³-hybridized carbons (Fsp3) is 0.355. The summed E-state index contributed by atoms with van der Waals surface area (Å²) in [7, 11) is 0. The normalized spacial score (nSPS) is 17.2. The van der Waals surface area contributed by atoms with Gasteiger partial charge >= 0.3 is 0 Å². The molecule has 2 aromatic carbocycles. The first-order chi connectivity index (χ1) is 19.0. The minimum Gasteiger partial charge on any atom is -0.501 e. The van der Waals surface area contributed by atoms with Gasteiger partial charge in [-0.3, -0.25) is 4.79 Å². The summed E-state index contributed by atoms with van der Waals surface area (Å²) >= 11 is 0. The van der Waals surface area contributed by atoms with Gasteiger partial charge < -0.3 is 24.9 Å². The molecule has 39 heavy (non-hydrogen) atoms. The lowest BCUT2D eigenvalue weighted by atomic mass is 9.95. The van der Waals surface area contributed by atoms with Gasteiger partial charge in [0.1, 0.15) is 18.5 Å². The molecule has 7 nitrogen and oxygen atoms in total. The molecule has 2 aromatic rings. The second-order valence-electron chi connectivity index (χ2n) is 9.69. The van der Waals surface area contributed by atoms with E-state index in [1.165, 1.54) is 12.1 Å². The number of carbonyl (C=O) groups is 1. The molecule has 0 spiro atoms. The molecule has 0 unspecified atom stereocenters. The number of hydrogen-bond donors (Lipinski definition) is 2. The molecule has 4 rings (SSSR count). The largest absolute Gasteiger partial charge is 0.501 e. The summed E-state index contributed by atoms with van der Waals surface area (Å²) in [5, 5.41) is 18.4. The Morgan fingerprint density at radius 2 is 1.97 bits per heavy atom. The highest BCUT2D eigenvalue weighted by molar-refractivity contribution is 6.45. The first-order valence-electron chi connectivity index (χ1n) is 13.4. The highest BCUT2D eigenvalue weighted by Gasteiger charge is 2.30. The molecule has 0 bridgehead atoms. The quantitative estimate of drug-likeness (QED) is 0.234. The Labute approximate surface area is 229 Å². The Hall–Kier alpha value is -3.75. The standard InChI is InChI=1S/C31H36FN3O4/c1-3-17-38-18-7-8-22(4-2)30(36)28(20-35-15-5-6-16-35)33-31(37)29-27-14-11-24(19-25(27)21-39-34-29)23-9-12-26(32)13-10-23/h4,7-14,18-19,28,30,36H,2-3,5-6,15-17,20-21H2,1H3,(H,33,37)/b18-7+,22-8+/t28-,30-/m1/s1. The van der Waals surface area contributed by atoms with Crippen molar-refractivity contribution in [2.24, 2.45) is 5.16 Å². The van der Waals surface area contributed by atoms with Crippen molar-refractivity contribution >= 4 is 11.6 Å². The van der Waals surface area contributed by atoms with Gasteiger partial charge in [-0.2, -0.15) is 0 Å². The van der Waals surface area contributed by atoms with Crippen LogP contribution >= 0.6 is 0 Å². The van der Waals surface area contributed by atoms with Gasteiger partial charge in [0.05, 0.1) is 18.9 Å². The number of rotatable bonds is 12. The van der Waals surface area contributed by atoms with Crippen molar-refractivity contribution in [2.45, 2.75) is 44.9 Å². The number of ether oxygens (including phenoxy) is 1. The number of hydrogen-bond acceptors (Lipinski definition) is 6. The molecular weight excluding hydrogens is 497 g/mol. The molecule has 2 aliphatic rings. The van der Waals surface area contributed by atoms with Crippen LogP contribution in [0.25, 0.3) is 11.1 Å². The van der Waals surface area contributed by atoms with Crippen LogP contribution in [0.4, 0.5) is 4.39 Å². The second-order valence-corrected chi connectivity index (χ2v) is 9.69. The third-order valence-electron chi connectivity index (χ3n) is 6.84. The summed E-state index contributed by atoms with van der Waals surface area (Å²) in [5.74, 6) is -0.730. The monoisotopic (exact) mass is 533 g/mol. The minimum atomic E-state index is -0.992. The lowest BCUT2D eigenvalue weighted by Gasteiger charge is -2.29. The Morgan fingerprint density at radius 1 is 1.23 bits per heavy atom. The molecule has 2 atom stereocenters. The Kier molecular flexibility index (Phi) is 10.1. The smallest absolute Gasteiger partial charge is 0.274 e. The van der Waals surface area contributed by atoms with Gasteiger partial charge in [0.25, 0.3) is 5.91 Å². The number of allylic oxidation sites excluding steroid dienone is 2. The number of likely N-dealkylation sites (tertiary alicyclic amines) is 1. The predicted octanol–water partition coefficient (Wildman–Crippen LogP) is 4.72. The number of oxime groups is 1. The molecule has 0 aromatic heterocycles. The summed E-state index contributed by atoms with van der Waals surface area (Å²) in [6.07, 6.45) is 8.71. The van der Waals surface area contributed by atoms with E-state index in [1.807, 2.05) is 25.1 Å². The van der Waals surface area contributed by atoms with Crippen LogP contribution in [0.3, 0.4) is 0 Å². The van der Waals surface area contributed by atoms with E-state index in [2.05, 4.69) is 22.0 Å². The zero-order chi connectivity index (χ0) is 27.6. The molecule has 1 saturated heterocycles. The molecule has 2 aliphatic heterocycles. The summed E-state index contributed by atoms with van der Waals surface area (Å²) in [5.41, 5.74) is 3.93. The first-order valence-corrected chi connectivity index (χ1v) is 13.4. The van der Waals surface area contributed by atoms with Crippen molar-refractivity contribution in [3.05, 3.63) is 96.1 Å². The first kappa shape index (κ1) is 28.3. The van der Waals surface area contributed by atoms with Crippen LogP contribution in [0.15, 0.2) is 84.3 Å². The topological polar surface area (TPSA) is 83.4 Å². The zero-order valence-electron chi connectivity index (χ0n) is 22.3. The second kappa shape index (κ2) is 13.9. The Morgan fingerprint density at radius 3 is 2.69 bits per heavy atom. The molecule has 1 amide bonds. The molecule has 2 N–H and O–H groups in total. The van der Waals surface area contributed by atoms with Crippen LogP contribution in [0.5, 0.6) is 0 Å². The summed E-state index contributed by atoms with van der Waals surface area (Å²) in [6, 6.07) is 11.3. The number of carbonyl (C=O) groups excluding carboxylic acids is 1. The predicted molar refractivity (Wildman–Crippen MR) is 150 cm³/mol. The molecular formula is C31H36FN3O4. The van der Waals surface area contributed by atoms with Crippen LogP contribution in [-0.2, 0) is 21.0 Å². The van der Waals surface area contributed by atoms with Gasteiger partial charge in [-0.25, -0.2) is 4.39 Å². The lowest BCUT2D eigenvalue weighted by Crippen LogP contribution is -2.52. The summed E-state index contributed by atoms with van der Waals surface area (Å²) in [4.78, 5) is 21.2. The molecule has 1 fully saturated rings. The summed E-state index contributed by atoms with van der Waals surface area (Å²) in [6.45, 7) is 9.02. The Balaban J connectivity index is 1.53. The third-order valence-corrected chi connectivity index (χ3v) is 6.84. The van der Waals surface area contributed by atoms with Gasteiger partial charge in [0.2, 0.25) is 0 Å². The SMILES string of the molecule is C=C/C(=C\C=C\OCCC)[C@@H](O)[C@@H](CN1CCCC1)NC(=O)C1=NOCc2cc(-c3ccc(F)cc3)ccc21. The highest BCUT2D eigenvalue weighted by atomic mass is 19.1. The van der Waals surface area contributed by atoms with Crippen LogP contribution in [0.1, 0.15) is 37.3 Å². The van der Waals surface area contributed by atoms with Crippen molar-refractivity contribution in [3.8, 4) is 11.1 Å². The number of aliphatic hydroxyl groups is 1. The van der Waals surface area contributed by atoms with E-state index in [0.29, 0.717) is 24.3 Å². The molecule has 206 valence electrons. The van der Waals surface area contributed by atoms with Crippen molar-refractivity contribution in [3.63, 3.8) is 0 Å². The van der Waals surface area contributed by atoms with E-state index >= 15 is 0 Å². The molecule has 0 aliphatic carbocycles. The van der Waals surface area contributed by atoms with Gasteiger partial charge in [0.15, 0.2) is 5.71 Å². The minimum absolute atomic E-state index is 0.150. The van der Waals surface area contributed by atoms with Gasteiger partial charge in [-0.1, -0.05) is 55.1 Å². The van der Waals surface area contributed by atoms with Gasteiger partial charge in [-0.05, 0) is 73.3 Å². The number of nitrogens with one attached hydrogen (secondary N) is 1. The van der Waals surface area contributed by atoms with Crippen LogP contribution in [-0.4, -0.2) is 60.0 Å². The number of aliphatic hydroxyl groups excluding tert-OH is 1.